The minimum absolute atomic E-state index is 0. The van der Waals surface area contributed by atoms with Gasteiger partial charge < -0.3 is 5.32 Å². The zero-order valence-electron chi connectivity index (χ0n) is 10.5. The summed E-state index contributed by atoms with van der Waals surface area (Å²) in [6.45, 7) is 6.65. The summed E-state index contributed by atoms with van der Waals surface area (Å²) in [6.07, 6.45) is 6.23. The number of halogens is 1. The predicted molar refractivity (Wildman–Crippen MR) is 70.1 cm³/mol. The molecule has 1 amide bonds. The standard InChI is InChI=1S/C12H24N2O.ClH/c1-3-14(4-2)10-12(15)13-11-8-6-5-7-9-11;/h11H,3-10H2,1-2H3,(H,13,15);1H. The van der Waals surface area contributed by atoms with Gasteiger partial charge in [0.2, 0.25) is 5.91 Å². The number of likely N-dealkylation sites (N-methyl/N-ethyl adjacent to an activating group) is 1. The van der Waals surface area contributed by atoms with Gasteiger partial charge in [-0.25, -0.2) is 0 Å². The summed E-state index contributed by atoms with van der Waals surface area (Å²) in [7, 11) is 0. The molecule has 0 spiro atoms. The maximum Gasteiger partial charge on any atom is 0.234 e. The average molecular weight is 249 g/mol. The highest BCUT2D eigenvalue weighted by Gasteiger charge is 2.16. The Bertz CT molecular complexity index is 189. The van der Waals surface area contributed by atoms with E-state index in [0.29, 0.717) is 12.6 Å². The summed E-state index contributed by atoms with van der Waals surface area (Å²) in [4.78, 5) is 13.8. The molecule has 0 aromatic heterocycles. The Hall–Kier alpha value is -0.280. The van der Waals surface area contributed by atoms with Crippen molar-refractivity contribution in [2.75, 3.05) is 19.6 Å². The Labute approximate surface area is 105 Å². The topological polar surface area (TPSA) is 32.3 Å². The van der Waals surface area contributed by atoms with Crippen molar-refractivity contribution < 1.29 is 4.79 Å². The van der Waals surface area contributed by atoms with Crippen molar-refractivity contribution in [2.24, 2.45) is 0 Å². The van der Waals surface area contributed by atoms with Crippen LogP contribution in [0.3, 0.4) is 0 Å². The molecule has 1 fully saturated rings. The highest BCUT2D eigenvalue weighted by atomic mass is 35.5. The molecule has 1 N–H and O–H groups in total. The molecule has 0 radical (unpaired) electrons. The van der Waals surface area contributed by atoms with E-state index < -0.39 is 0 Å². The van der Waals surface area contributed by atoms with E-state index in [9.17, 15) is 4.79 Å². The summed E-state index contributed by atoms with van der Waals surface area (Å²) in [5.74, 6) is 0.200. The van der Waals surface area contributed by atoms with Gasteiger partial charge >= 0.3 is 0 Å². The van der Waals surface area contributed by atoms with Crippen LogP contribution in [-0.2, 0) is 4.79 Å². The monoisotopic (exact) mass is 248 g/mol. The van der Waals surface area contributed by atoms with Gasteiger partial charge in [-0.05, 0) is 25.9 Å². The molecule has 0 heterocycles. The van der Waals surface area contributed by atoms with Crippen LogP contribution >= 0.6 is 12.4 Å². The molecule has 0 aliphatic heterocycles. The van der Waals surface area contributed by atoms with Gasteiger partial charge in [0.05, 0.1) is 6.54 Å². The molecule has 1 saturated carbocycles. The van der Waals surface area contributed by atoms with Crippen molar-refractivity contribution >= 4 is 18.3 Å². The summed E-state index contributed by atoms with van der Waals surface area (Å²) < 4.78 is 0. The lowest BCUT2D eigenvalue weighted by Gasteiger charge is -2.24. The summed E-state index contributed by atoms with van der Waals surface area (Å²) in [5.41, 5.74) is 0. The third-order valence-electron chi connectivity index (χ3n) is 3.23. The van der Waals surface area contributed by atoms with E-state index in [-0.39, 0.29) is 18.3 Å². The first kappa shape index (κ1) is 15.7. The lowest BCUT2D eigenvalue weighted by atomic mass is 9.95. The highest BCUT2D eigenvalue weighted by Crippen LogP contribution is 2.17. The van der Waals surface area contributed by atoms with Crippen LogP contribution in [0.2, 0.25) is 0 Å². The molecule has 1 rings (SSSR count). The Kier molecular flexibility index (Phi) is 8.67. The largest absolute Gasteiger partial charge is 0.352 e. The predicted octanol–water partition coefficient (Wildman–Crippen LogP) is 2.20. The van der Waals surface area contributed by atoms with Gasteiger partial charge in [0.25, 0.3) is 0 Å². The number of carbonyl (C=O) groups is 1. The lowest BCUT2D eigenvalue weighted by Crippen LogP contribution is -2.42. The smallest absolute Gasteiger partial charge is 0.234 e. The Morgan fingerprint density at radius 3 is 2.25 bits per heavy atom. The Morgan fingerprint density at radius 1 is 1.19 bits per heavy atom. The molecule has 1 aliphatic rings. The number of hydrogen-bond donors (Lipinski definition) is 1. The number of nitrogens with one attached hydrogen (secondary N) is 1. The van der Waals surface area contributed by atoms with Gasteiger partial charge in [0.1, 0.15) is 0 Å². The van der Waals surface area contributed by atoms with Crippen LogP contribution in [0.1, 0.15) is 46.0 Å². The van der Waals surface area contributed by atoms with E-state index in [2.05, 4.69) is 24.1 Å². The second-order valence-electron chi connectivity index (χ2n) is 4.36. The Balaban J connectivity index is 0.00000225. The zero-order chi connectivity index (χ0) is 11.1. The molecule has 0 atom stereocenters. The van der Waals surface area contributed by atoms with Crippen molar-refractivity contribution in [3.8, 4) is 0 Å². The van der Waals surface area contributed by atoms with E-state index in [4.69, 9.17) is 0 Å². The average Bonchev–Trinajstić information content (AvgIpc) is 2.27. The van der Waals surface area contributed by atoms with Crippen molar-refractivity contribution in [3.05, 3.63) is 0 Å². The Morgan fingerprint density at radius 2 is 1.75 bits per heavy atom. The molecule has 4 heteroatoms. The van der Waals surface area contributed by atoms with Crippen LogP contribution in [0.15, 0.2) is 0 Å². The third-order valence-corrected chi connectivity index (χ3v) is 3.23. The number of amides is 1. The fourth-order valence-corrected chi connectivity index (χ4v) is 2.17. The van der Waals surface area contributed by atoms with E-state index in [1.807, 2.05) is 0 Å². The SMILES string of the molecule is CCN(CC)CC(=O)NC1CCCCC1.Cl. The maximum atomic E-state index is 11.7. The molecule has 0 unspecified atom stereocenters. The molecule has 0 bridgehead atoms. The molecular formula is C12H25ClN2O. The lowest BCUT2D eigenvalue weighted by molar-refractivity contribution is -0.123. The molecule has 1 aliphatic carbocycles. The van der Waals surface area contributed by atoms with Crippen LogP contribution < -0.4 is 5.32 Å². The first-order valence-electron chi connectivity index (χ1n) is 6.28. The highest BCUT2D eigenvalue weighted by molar-refractivity contribution is 5.85. The maximum absolute atomic E-state index is 11.7. The number of hydrogen-bond acceptors (Lipinski definition) is 2. The molecule has 0 aromatic rings. The van der Waals surface area contributed by atoms with Crippen molar-refractivity contribution in [1.29, 1.82) is 0 Å². The van der Waals surface area contributed by atoms with Crippen molar-refractivity contribution in [1.82, 2.24) is 10.2 Å². The van der Waals surface area contributed by atoms with Gasteiger partial charge in [-0.1, -0.05) is 33.1 Å². The first-order chi connectivity index (χ1) is 7.26. The third kappa shape index (κ3) is 5.71. The van der Waals surface area contributed by atoms with Gasteiger partial charge in [0, 0.05) is 6.04 Å². The van der Waals surface area contributed by atoms with Crippen molar-refractivity contribution in [2.45, 2.75) is 52.0 Å². The van der Waals surface area contributed by atoms with Gasteiger partial charge in [-0.3, -0.25) is 9.69 Å². The first-order valence-corrected chi connectivity index (χ1v) is 6.28. The second kappa shape index (κ2) is 8.82. The second-order valence-corrected chi connectivity index (χ2v) is 4.36. The number of carbonyl (C=O) groups excluding carboxylic acids is 1. The van der Waals surface area contributed by atoms with Crippen LogP contribution in [0.25, 0.3) is 0 Å². The van der Waals surface area contributed by atoms with Gasteiger partial charge in [-0.2, -0.15) is 0 Å². The van der Waals surface area contributed by atoms with Gasteiger partial charge in [0.15, 0.2) is 0 Å². The van der Waals surface area contributed by atoms with E-state index >= 15 is 0 Å². The molecule has 0 aromatic carbocycles. The summed E-state index contributed by atoms with van der Waals surface area (Å²) in [6, 6.07) is 0.446. The van der Waals surface area contributed by atoms with E-state index in [0.717, 1.165) is 13.1 Å². The molecule has 96 valence electrons. The van der Waals surface area contributed by atoms with Crippen LogP contribution in [0.4, 0.5) is 0 Å². The minimum Gasteiger partial charge on any atom is -0.352 e. The van der Waals surface area contributed by atoms with Crippen molar-refractivity contribution in [3.63, 3.8) is 0 Å². The van der Waals surface area contributed by atoms with E-state index in [1.165, 1.54) is 32.1 Å². The zero-order valence-corrected chi connectivity index (χ0v) is 11.3. The summed E-state index contributed by atoms with van der Waals surface area (Å²) in [5, 5.41) is 3.14. The van der Waals surface area contributed by atoms with Crippen LogP contribution in [0.5, 0.6) is 0 Å². The quantitative estimate of drug-likeness (QED) is 0.809. The normalized spacial score (nSPS) is 16.9. The number of rotatable bonds is 5. The molecular weight excluding hydrogens is 224 g/mol. The summed E-state index contributed by atoms with van der Waals surface area (Å²) >= 11 is 0. The number of nitrogens with zero attached hydrogens (tertiary/aromatic N) is 1. The fraction of sp³-hybridized carbons (Fsp3) is 0.917. The minimum atomic E-state index is 0. The van der Waals surface area contributed by atoms with Crippen LogP contribution in [-0.4, -0.2) is 36.5 Å². The van der Waals surface area contributed by atoms with Gasteiger partial charge in [-0.15, -0.1) is 12.4 Å². The van der Waals surface area contributed by atoms with E-state index in [1.54, 1.807) is 0 Å². The van der Waals surface area contributed by atoms with Crippen LogP contribution in [0, 0.1) is 0 Å². The molecule has 0 saturated heterocycles. The molecule has 16 heavy (non-hydrogen) atoms. The molecule has 3 nitrogen and oxygen atoms in total. The fourth-order valence-electron chi connectivity index (χ4n) is 2.17.